The van der Waals surface area contributed by atoms with E-state index in [2.05, 4.69) is 6.07 Å². The van der Waals surface area contributed by atoms with Crippen LogP contribution in [-0.2, 0) is 4.79 Å². The van der Waals surface area contributed by atoms with E-state index in [9.17, 15) is 4.79 Å². The van der Waals surface area contributed by atoms with Gasteiger partial charge in [-0.2, -0.15) is 5.26 Å². The van der Waals surface area contributed by atoms with E-state index >= 15 is 0 Å². The van der Waals surface area contributed by atoms with E-state index in [4.69, 9.17) is 11.1 Å². The van der Waals surface area contributed by atoms with Gasteiger partial charge in [0.2, 0.25) is 5.91 Å². The monoisotopic (exact) mass is 236 g/mol. The summed E-state index contributed by atoms with van der Waals surface area (Å²) in [6, 6.07) is 2.30. The zero-order valence-corrected chi connectivity index (χ0v) is 10.1. The molecule has 5 nitrogen and oxygen atoms in total. The molecule has 1 aliphatic heterocycles. The van der Waals surface area contributed by atoms with Crippen LogP contribution in [0.1, 0.15) is 38.5 Å². The molecule has 1 saturated carbocycles. The maximum Gasteiger partial charge on any atom is 0.239 e. The van der Waals surface area contributed by atoms with Crippen LogP contribution in [0.5, 0.6) is 0 Å². The van der Waals surface area contributed by atoms with Gasteiger partial charge in [0.05, 0.1) is 12.6 Å². The van der Waals surface area contributed by atoms with Gasteiger partial charge in [-0.05, 0) is 25.7 Å². The van der Waals surface area contributed by atoms with E-state index in [-0.39, 0.29) is 18.5 Å². The highest BCUT2D eigenvalue weighted by Gasteiger charge is 2.30. The smallest absolute Gasteiger partial charge is 0.239 e. The van der Waals surface area contributed by atoms with E-state index in [0.29, 0.717) is 12.6 Å². The van der Waals surface area contributed by atoms with Gasteiger partial charge in [-0.3, -0.25) is 10.6 Å². The third-order valence-corrected chi connectivity index (χ3v) is 3.83. The predicted molar refractivity (Wildman–Crippen MR) is 63.5 cm³/mol. The Morgan fingerprint density at radius 1 is 1.35 bits per heavy atom. The molecule has 1 heterocycles. The minimum atomic E-state index is -0.237. The molecule has 0 radical (unpaired) electrons. The van der Waals surface area contributed by atoms with Crippen LogP contribution in [0.3, 0.4) is 0 Å². The van der Waals surface area contributed by atoms with Crippen LogP contribution >= 0.6 is 0 Å². The second-order valence-corrected chi connectivity index (χ2v) is 4.98. The summed E-state index contributed by atoms with van der Waals surface area (Å²) in [5.41, 5.74) is 0. The van der Waals surface area contributed by atoms with Gasteiger partial charge < -0.3 is 4.90 Å². The topological polar surface area (TPSA) is 73.4 Å². The first-order valence-electron chi connectivity index (χ1n) is 6.43. The number of nitrogens with zero attached hydrogens (tertiary/aromatic N) is 3. The summed E-state index contributed by atoms with van der Waals surface area (Å²) in [4.78, 5) is 13.7. The van der Waals surface area contributed by atoms with E-state index in [1.165, 1.54) is 12.8 Å². The Balaban J connectivity index is 1.85. The summed E-state index contributed by atoms with van der Waals surface area (Å²) in [5.74, 6) is 5.94. The molecule has 1 unspecified atom stereocenters. The molecule has 1 aliphatic carbocycles. The summed E-state index contributed by atoms with van der Waals surface area (Å²) in [6.45, 7) is 0.957. The van der Waals surface area contributed by atoms with Gasteiger partial charge in [0.1, 0.15) is 6.04 Å². The summed E-state index contributed by atoms with van der Waals surface area (Å²) < 4.78 is 0. The largest absolute Gasteiger partial charge is 0.325 e. The standard InChI is InChI=1S/C12H20N4O/c13-8-11-6-3-7-15(11)12(17)9-16(14)10-4-1-2-5-10/h10-11H,1-7,9,14H2. The first-order chi connectivity index (χ1) is 8.22. The highest BCUT2D eigenvalue weighted by Crippen LogP contribution is 2.22. The van der Waals surface area contributed by atoms with Gasteiger partial charge in [-0.25, -0.2) is 5.01 Å². The molecule has 2 aliphatic rings. The first kappa shape index (κ1) is 12.3. The molecule has 0 spiro atoms. The van der Waals surface area contributed by atoms with Crippen LogP contribution in [0.15, 0.2) is 0 Å². The minimum Gasteiger partial charge on any atom is -0.325 e. The van der Waals surface area contributed by atoms with Gasteiger partial charge in [-0.1, -0.05) is 12.8 Å². The molecule has 17 heavy (non-hydrogen) atoms. The third kappa shape index (κ3) is 2.76. The number of rotatable bonds is 3. The van der Waals surface area contributed by atoms with Crippen molar-refractivity contribution in [3.05, 3.63) is 0 Å². The number of carbonyl (C=O) groups excluding carboxylic acids is 1. The lowest BCUT2D eigenvalue weighted by atomic mass is 10.2. The van der Waals surface area contributed by atoms with Crippen LogP contribution in [0.25, 0.3) is 0 Å². The Bertz CT molecular complexity index is 319. The number of likely N-dealkylation sites (tertiary alicyclic amines) is 1. The van der Waals surface area contributed by atoms with Crippen LogP contribution in [0.4, 0.5) is 0 Å². The molecule has 2 fully saturated rings. The van der Waals surface area contributed by atoms with Crippen molar-refractivity contribution in [2.75, 3.05) is 13.1 Å². The Hall–Kier alpha value is -1.12. The molecule has 2 rings (SSSR count). The summed E-state index contributed by atoms with van der Waals surface area (Å²) in [5, 5.41) is 10.6. The Morgan fingerprint density at radius 2 is 2.06 bits per heavy atom. The van der Waals surface area contributed by atoms with E-state index < -0.39 is 0 Å². The number of hydrogen-bond donors (Lipinski definition) is 1. The molecule has 2 N–H and O–H groups in total. The summed E-state index contributed by atoms with van der Waals surface area (Å²) >= 11 is 0. The zero-order valence-electron chi connectivity index (χ0n) is 10.1. The van der Waals surface area contributed by atoms with Gasteiger partial charge in [0, 0.05) is 12.6 Å². The van der Waals surface area contributed by atoms with Crippen LogP contribution in [-0.4, -0.2) is 41.0 Å². The number of hydrogen-bond acceptors (Lipinski definition) is 4. The van der Waals surface area contributed by atoms with Crippen molar-refractivity contribution in [2.45, 2.75) is 50.6 Å². The molecule has 1 saturated heterocycles. The first-order valence-corrected chi connectivity index (χ1v) is 6.43. The van der Waals surface area contributed by atoms with Crippen molar-refractivity contribution in [1.29, 1.82) is 5.26 Å². The van der Waals surface area contributed by atoms with Gasteiger partial charge in [-0.15, -0.1) is 0 Å². The molecule has 94 valence electrons. The summed E-state index contributed by atoms with van der Waals surface area (Å²) in [7, 11) is 0. The molecule has 1 atom stereocenters. The lowest BCUT2D eigenvalue weighted by Crippen LogP contribution is -2.48. The van der Waals surface area contributed by atoms with Gasteiger partial charge in [0.25, 0.3) is 0 Å². The quantitative estimate of drug-likeness (QED) is 0.576. The highest BCUT2D eigenvalue weighted by molar-refractivity contribution is 5.79. The number of amides is 1. The Kier molecular flexibility index (Phi) is 3.97. The maximum absolute atomic E-state index is 12.0. The van der Waals surface area contributed by atoms with Crippen molar-refractivity contribution in [1.82, 2.24) is 9.91 Å². The molecule has 0 bridgehead atoms. The fourth-order valence-electron chi connectivity index (χ4n) is 2.81. The molecule has 5 heteroatoms. The maximum atomic E-state index is 12.0. The van der Waals surface area contributed by atoms with Crippen LogP contribution in [0, 0.1) is 11.3 Å². The van der Waals surface area contributed by atoms with Crippen molar-refractivity contribution < 1.29 is 4.79 Å². The highest BCUT2D eigenvalue weighted by atomic mass is 16.2. The third-order valence-electron chi connectivity index (χ3n) is 3.83. The van der Waals surface area contributed by atoms with E-state index in [1.807, 2.05) is 0 Å². The second-order valence-electron chi connectivity index (χ2n) is 4.98. The fourth-order valence-corrected chi connectivity index (χ4v) is 2.81. The molecule has 0 aromatic rings. The SMILES string of the molecule is N#CC1CCCN1C(=O)CN(N)C1CCCC1. The Labute approximate surface area is 102 Å². The normalized spacial score (nSPS) is 25.5. The average molecular weight is 236 g/mol. The van der Waals surface area contributed by atoms with Crippen molar-refractivity contribution in [3.63, 3.8) is 0 Å². The van der Waals surface area contributed by atoms with Crippen molar-refractivity contribution in [3.8, 4) is 6.07 Å². The lowest BCUT2D eigenvalue weighted by molar-refractivity contribution is -0.133. The minimum absolute atomic E-state index is 0.00319. The van der Waals surface area contributed by atoms with Crippen LogP contribution < -0.4 is 5.84 Å². The van der Waals surface area contributed by atoms with E-state index in [1.54, 1.807) is 9.91 Å². The van der Waals surface area contributed by atoms with Gasteiger partial charge >= 0.3 is 0 Å². The molecule has 0 aromatic carbocycles. The number of nitriles is 1. The van der Waals surface area contributed by atoms with Gasteiger partial charge in [0.15, 0.2) is 0 Å². The number of nitrogens with two attached hydrogens (primary N) is 1. The zero-order chi connectivity index (χ0) is 12.3. The molecular formula is C12H20N4O. The molecule has 0 aromatic heterocycles. The lowest BCUT2D eigenvalue weighted by Gasteiger charge is -2.26. The summed E-state index contributed by atoms with van der Waals surface area (Å²) in [6.07, 6.45) is 6.32. The van der Waals surface area contributed by atoms with Crippen molar-refractivity contribution in [2.24, 2.45) is 5.84 Å². The number of carbonyl (C=O) groups is 1. The number of hydrazine groups is 1. The van der Waals surface area contributed by atoms with E-state index in [0.717, 1.165) is 25.7 Å². The second kappa shape index (κ2) is 5.48. The fraction of sp³-hybridized carbons (Fsp3) is 0.833. The molecule has 1 amide bonds. The van der Waals surface area contributed by atoms with Crippen LogP contribution in [0.2, 0.25) is 0 Å². The van der Waals surface area contributed by atoms with Crippen molar-refractivity contribution >= 4 is 5.91 Å². The average Bonchev–Trinajstić information content (AvgIpc) is 2.99. The molecular weight excluding hydrogens is 216 g/mol. The predicted octanol–water partition coefficient (Wildman–Crippen LogP) is 0.619. The Morgan fingerprint density at radius 3 is 2.71 bits per heavy atom.